The smallest absolute Gasteiger partial charge is 0.247 e. The van der Waals surface area contributed by atoms with Gasteiger partial charge in [-0.05, 0) is 35.9 Å². The van der Waals surface area contributed by atoms with E-state index >= 15 is 0 Å². The van der Waals surface area contributed by atoms with Crippen molar-refractivity contribution in [1.29, 1.82) is 0 Å². The Balaban J connectivity index is 1.68. The Hall–Kier alpha value is -2.14. The van der Waals surface area contributed by atoms with Crippen LogP contribution < -0.4 is 5.32 Å². The molecule has 20 heavy (non-hydrogen) atoms. The second-order valence-corrected chi connectivity index (χ2v) is 5.12. The zero-order valence-corrected chi connectivity index (χ0v) is 12.2. The van der Waals surface area contributed by atoms with Crippen molar-refractivity contribution in [3.8, 4) is 11.5 Å². The highest BCUT2D eigenvalue weighted by molar-refractivity contribution is 9.10. The summed E-state index contributed by atoms with van der Waals surface area (Å²) in [5.74, 6) is 0.530. The van der Waals surface area contributed by atoms with Gasteiger partial charge >= 0.3 is 0 Å². The lowest BCUT2D eigenvalue weighted by atomic mass is 10.2. The third-order valence-electron chi connectivity index (χ3n) is 2.93. The summed E-state index contributed by atoms with van der Waals surface area (Å²) < 4.78 is 6.26. The quantitative estimate of drug-likeness (QED) is 0.782. The van der Waals surface area contributed by atoms with Crippen LogP contribution in [0.15, 0.2) is 63.8 Å². The van der Waals surface area contributed by atoms with Gasteiger partial charge in [0, 0.05) is 22.3 Å². The minimum Gasteiger partial charge on any atom is -0.423 e. The number of rotatable bonds is 4. The van der Waals surface area contributed by atoms with E-state index in [9.17, 15) is 0 Å². The third kappa shape index (κ3) is 2.88. The Bertz CT molecular complexity index is 681. The fourth-order valence-corrected chi connectivity index (χ4v) is 2.29. The molecule has 0 amide bonds. The first-order valence-corrected chi connectivity index (χ1v) is 6.96. The highest BCUT2D eigenvalue weighted by Crippen LogP contribution is 2.21. The third-order valence-corrected chi connectivity index (χ3v) is 3.71. The fraction of sp³-hybridized carbons (Fsp3) is 0.0667. The molecule has 1 heterocycles. The zero-order valence-electron chi connectivity index (χ0n) is 10.6. The molecule has 0 radical (unpaired) electrons. The molecule has 2 aromatic carbocycles. The molecule has 1 N–H and O–H groups in total. The standard InChI is InChI=1S/C15H12BrN3O/c16-14-4-2-1-3-12(14)9-17-13-7-5-11(6-8-13)15-19-18-10-20-15/h1-8,10,17H,9H2. The molecular weight excluding hydrogens is 318 g/mol. The molecule has 1 aromatic heterocycles. The Morgan fingerprint density at radius 1 is 1.05 bits per heavy atom. The van der Waals surface area contributed by atoms with E-state index in [2.05, 4.69) is 37.5 Å². The number of aromatic nitrogens is 2. The highest BCUT2D eigenvalue weighted by atomic mass is 79.9. The van der Waals surface area contributed by atoms with Gasteiger partial charge in [-0.2, -0.15) is 0 Å². The number of benzene rings is 2. The molecule has 0 saturated carbocycles. The molecule has 0 spiro atoms. The number of hydrogen-bond donors (Lipinski definition) is 1. The number of nitrogens with zero attached hydrogens (tertiary/aromatic N) is 2. The molecule has 0 aliphatic heterocycles. The van der Waals surface area contributed by atoms with Crippen LogP contribution in [-0.4, -0.2) is 10.2 Å². The number of hydrogen-bond acceptors (Lipinski definition) is 4. The van der Waals surface area contributed by atoms with Crippen LogP contribution in [0.3, 0.4) is 0 Å². The van der Waals surface area contributed by atoms with Crippen LogP contribution in [0, 0.1) is 0 Å². The maximum Gasteiger partial charge on any atom is 0.247 e. The molecule has 100 valence electrons. The van der Waals surface area contributed by atoms with Gasteiger partial charge in [-0.1, -0.05) is 34.1 Å². The minimum absolute atomic E-state index is 0.530. The average Bonchev–Trinajstić information content (AvgIpc) is 3.01. The number of nitrogens with one attached hydrogen (secondary N) is 1. The van der Waals surface area contributed by atoms with Gasteiger partial charge in [0.25, 0.3) is 0 Å². The summed E-state index contributed by atoms with van der Waals surface area (Å²) in [7, 11) is 0. The van der Waals surface area contributed by atoms with E-state index in [1.807, 2.05) is 42.5 Å². The van der Waals surface area contributed by atoms with Gasteiger partial charge in [-0.25, -0.2) is 0 Å². The van der Waals surface area contributed by atoms with Crippen LogP contribution in [0.2, 0.25) is 0 Å². The van der Waals surface area contributed by atoms with Gasteiger partial charge in [0.1, 0.15) is 0 Å². The number of halogens is 1. The molecule has 3 rings (SSSR count). The van der Waals surface area contributed by atoms with E-state index in [1.54, 1.807) is 0 Å². The van der Waals surface area contributed by atoms with Crippen molar-refractivity contribution in [3.63, 3.8) is 0 Å². The normalized spacial score (nSPS) is 10.4. The van der Waals surface area contributed by atoms with E-state index in [0.717, 1.165) is 22.3 Å². The molecule has 0 bridgehead atoms. The van der Waals surface area contributed by atoms with Crippen LogP contribution in [0.5, 0.6) is 0 Å². The van der Waals surface area contributed by atoms with E-state index < -0.39 is 0 Å². The van der Waals surface area contributed by atoms with Crippen LogP contribution in [0.1, 0.15) is 5.56 Å². The SMILES string of the molecule is Brc1ccccc1CNc1ccc(-c2nnco2)cc1. The molecule has 0 saturated heterocycles. The summed E-state index contributed by atoms with van der Waals surface area (Å²) in [6.45, 7) is 0.765. The Kier molecular flexibility index (Phi) is 3.78. The topological polar surface area (TPSA) is 51.0 Å². The molecular formula is C15H12BrN3O. The van der Waals surface area contributed by atoms with Crippen molar-refractivity contribution in [2.75, 3.05) is 5.32 Å². The molecule has 3 aromatic rings. The maximum absolute atomic E-state index is 5.16. The first kappa shape index (κ1) is 12.9. The van der Waals surface area contributed by atoms with Gasteiger partial charge in [0.2, 0.25) is 12.3 Å². The maximum atomic E-state index is 5.16. The Labute approximate surface area is 125 Å². The van der Waals surface area contributed by atoms with Crippen molar-refractivity contribution < 1.29 is 4.42 Å². The lowest BCUT2D eigenvalue weighted by molar-refractivity contribution is 0.568. The zero-order chi connectivity index (χ0) is 13.8. The van der Waals surface area contributed by atoms with Crippen molar-refractivity contribution in [2.45, 2.75) is 6.54 Å². The Morgan fingerprint density at radius 2 is 1.85 bits per heavy atom. The molecule has 5 heteroatoms. The summed E-state index contributed by atoms with van der Waals surface area (Å²) in [5.41, 5.74) is 3.17. The van der Waals surface area contributed by atoms with E-state index in [4.69, 9.17) is 4.42 Å². The molecule has 0 fully saturated rings. The fourth-order valence-electron chi connectivity index (χ4n) is 1.87. The molecule has 0 unspecified atom stereocenters. The van der Waals surface area contributed by atoms with Crippen molar-refractivity contribution in [3.05, 3.63) is 65.0 Å². The summed E-state index contributed by atoms with van der Waals surface area (Å²) in [6.07, 6.45) is 1.33. The van der Waals surface area contributed by atoms with E-state index in [1.165, 1.54) is 12.0 Å². The van der Waals surface area contributed by atoms with E-state index in [-0.39, 0.29) is 0 Å². The first-order chi connectivity index (χ1) is 9.83. The second-order valence-electron chi connectivity index (χ2n) is 4.27. The molecule has 4 nitrogen and oxygen atoms in total. The van der Waals surface area contributed by atoms with Gasteiger partial charge in [0.05, 0.1) is 0 Å². The van der Waals surface area contributed by atoms with Crippen molar-refractivity contribution in [2.24, 2.45) is 0 Å². The highest BCUT2D eigenvalue weighted by Gasteiger charge is 2.03. The van der Waals surface area contributed by atoms with Gasteiger partial charge in [-0.15, -0.1) is 10.2 Å². The molecule has 0 atom stereocenters. The second kappa shape index (κ2) is 5.88. The van der Waals surface area contributed by atoms with Crippen LogP contribution >= 0.6 is 15.9 Å². The van der Waals surface area contributed by atoms with Gasteiger partial charge in [0.15, 0.2) is 0 Å². The lowest BCUT2D eigenvalue weighted by Crippen LogP contribution is -1.99. The van der Waals surface area contributed by atoms with Crippen molar-refractivity contribution >= 4 is 21.6 Å². The summed E-state index contributed by atoms with van der Waals surface area (Å²) in [6, 6.07) is 16.1. The van der Waals surface area contributed by atoms with Crippen LogP contribution in [-0.2, 0) is 6.54 Å². The summed E-state index contributed by atoms with van der Waals surface area (Å²) >= 11 is 3.54. The van der Waals surface area contributed by atoms with Crippen LogP contribution in [0.4, 0.5) is 5.69 Å². The first-order valence-electron chi connectivity index (χ1n) is 6.17. The minimum atomic E-state index is 0.530. The monoisotopic (exact) mass is 329 g/mol. The lowest BCUT2D eigenvalue weighted by Gasteiger charge is -2.08. The van der Waals surface area contributed by atoms with E-state index in [0.29, 0.717) is 5.89 Å². The summed E-state index contributed by atoms with van der Waals surface area (Å²) in [5, 5.41) is 10.9. The van der Waals surface area contributed by atoms with Crippen LogP contribution in [0.25, 0.3) is 11.5 Å². The van der Waals surface area contributed by atoms with Gasteiger partial charge in [-0.3, -0.25) is 0 Å². The predicted molar refractivity (Wildman–Crippen MR) is 81.2 cm³/mol. The predicted octanol–water partition coefficient (Wildman–Crippen LogP) is 4.11. The largest absolute Gasteiger partial charge is 0.423 e. The average molecular weight is 330 g/mol. The number of anilines is 1. The molecule has 0 aliphatic carbocycles. The summed E-state index contributed by atoms with van der Waals surface area (Å²) in [4.78, 5) is 0. The molecule has 0 aliphatic rings. The van der Waals surface area contributed by atoms with Gasteiger partial charge < -0.3 is 9.73 Å². The Morgan fingerprint density at radius 3 is 2.55 bits per heavy atom. The van der Waals surface area contributed by atoms with Crippen molar-refractivity contribution in [1.82, 2.24) is 10.2 Å².